The molecule has 0 aliphatic rings. The van der Waals surface area contributed by atoms with Gasteiger partial charge in [0.25, 0.3) is 0 Å². The Morgan fingerprint density at radius 2 is 1.45 bits per heavy atom. The van der Waals surface area contributed by atoms with E-state index in [4.69, 9.17) is 5.11 Å². The first-order valence-corrected chi connectivity index (χ1v) is 8.34. The summed E-state index contributed by atoms with van der Waals surface area (Å²) in [6, 6.07) is 4.28. The van der Waals surface area contributed by atoms with E-state index in [0.717, 1.165) is 19.2 Å². The summed E-state index contributed by atoms with van der Waals surface area (Å²) in [5.74, 6) is 0. The highest BCUT2D eigenvalue weighted by atomic mass is 16.2. The van der Waals surface area contributed by atoms with Crippen LogP contribution in [0.15, 0.2) is 18.3 Å². The summed E-state index contributed by atoms with van der Waals surface area (Å²) in [4.78, 5) is 4.38. The first kappa shape index (κ1) is 26.0. The van der Waals surface area contributed by atoms with Crippen LogP contribution in [0, 0.1) is 6.92 Å². The van der Waals surface area contributed by atoms with Crippen LogP contribution in [0.4, 0.5) is 0 Å². The van der Waals surface area contributed by atoms with Crippen LogP contribution in [-0.4, -0.2) is 29.8 Å². The molecule has 0 radical (unpaired) electrons. The average Bonchev–Trinajstić information content (AvgIpc) is 2.53. The Morgan fingerprint density at radius 1 is 1.00 bits per heavy atom. The largest absolute Gasteiger partial charge is 0.400 e. The average molecular weight is 313 g/mol. The van der Waals surface area contributed by atoms with E-state index in [9.17, 15) is 0 Å². The number of aliphatic hydroxyl groups excluding tert-OH is 1. The Morgan fingerprint density at radius 3 is 1.77 bits per heavy atom. The van der Waals surface area contributed by atoms with Crippen molar-refractivity contribution in [3.05, 3.63) is 29.6 Å². The molecule has 1 aromatic rings. The van der Waals surface area contributed by atoms with Gasteiger partial charge >= 0.3 is 0 Å². The minimum absolute atomic E-state index is 0.146. The smallest absolute Gasteiger partial charge is 0.0372 e. The number of aromatic nitrogens is 1. The second-order valence-electron chi connectivity index (χ2n) is 5.88. The standard InChI is InChI=1S/C14H24N2.2C2H6.CH4O/c1-11-7-8-12(9-16-11)13(2,3)10-14(4,5)15-6;3*1-2/h7-9,15H,10H2,1-6H3;2*1-2H3;2H,1H3. The van der Waals surface area contributed by atoms with Gasteiger partial charge in [-0.05, 0) is 51.3 Å². The van der Waals surface area contributed by atoms with Crippen molar-refractivity contribution in [3.8, 4) is 0 Å². The van der Waals surface area contributed by atoms with Gasteiger partial charge in [-0.15, -0.1) is 0 Å². The molecular weight excluding hydrogens is 272 g/mol. The van der Waals surface area contributed by atoms with Crippen molar-refractivity contribution in [2.24, 2.45) is 0 Å². The summed E-state index contributed by atoms with van der Waals surface area (Å²) in [7, 11) is 3.02. The molecule has 3 nitrogen and oxygen atoms in total. The molecule has 3 heteroatoms. The zero-order chi connectivity index (χ0) is 18.4. The lowest BCUT2D eigenvalue weighted by molar-refractivity contribution is 0.304. The zero-order valence-electron chi connectivity index (χ0n) is 16.8. The van der Waals surface area contributed by atoms with Crippen LogP contribution in [0.1, 0.15) is 73.1 Å². The van der Waals surface area contributed by atoms with E-state index < -0.39 is 0 Å². The molecule has 0 aromatic carbocycles. The molecule has 0 aliphatic heterocycles. The maximum Gasteiger partial charge on any atom is 0.0372 e. The molecule has 0 amide bonds. The van der Waals surface area contributed by atoms with Gasteiger partial charge in [-0.2, -0.15) is 0 Å². The maximum absolute atomic E-state index is 7.00. The molecule has 0 atom stereocenters. The number of hydrogen-bond acceptors (Lipinski definition) is 3. The fourth-order valence-corrected chi connectivity index (χ4v) is 2.16. The maximum atomic E-state index is 7.00. The molecule has 0 spiro atoms. The van der Waals surface area contributed by atoms with E-state index in [1.165, 1.54) is 5.56 Å². The van der Waals surface area contributed by atoms with E-state index in [1.807, 2.05) is 47.9 Å². The van der Waals surface area contributed by atoms with E-state index in [2.05, 4.69) is 50.1 Å². The highest BCUT2D eigenvalue weighted by molar-refractivity contribution is 5.22. The van der Waals surface area contributed by atoms with E-state index in [-0.39, 0.29) is 11.0 Å². The first-order chi connectivity index (χ1) is 10.3. The predicted octanol–water partition coefficient (Wildman–Crippen LogP) is 4.72. The van der Waals surface area contributed by atoms with Gasteiger partial charge in [0.2, 0.25) is 0 Å². The summed E-state index contributed by atoms with van der Waals surface area (Å²) < 4.78 is 0. The van der Waals surface area contributed by atoms with Gasteiger partial charge in [0, 0.05) is 24.5 Å². The Balaban J connectivity index is -0.000000535. The summed E-state index contributed by atoms with van der Waals surface area (Å²) in [6.45, 7) is 19.0. The molecule has 0 saturated carbocycles. The second-order valence-corrected chi connectivity index (χ2v) is 5.88. The van der Waals surface area contributed by atoms with Crippen LogP contribution in [0.2, 0.25) is 0 Å². The van der Waals surface area contributed by atoms with Crippen molar-refractivity contribution in [2.45, 2.75) is 79.7 Å². The SMILES string of the molecule is CC.CC.CNC(C)(C)CC(C)(C)c1ccc(C)nc1.CO. The van der Waals surface area contributed by atoms with Crippen LogP contribution < -0.4 is 5.32 Å². The summed E-state index contributed by atoms with van der Waals surface area (Å²) in [5, 5.41) is 10.4. The van der Waals surface area contributed by atoms with Gasteiger partial charge in [-0.1, -0.05) is 47.6 Å². The zero-order valence-corrected chi connectivity index (χ0v) is 16.8. The van der Waals surface area contributed by atoms with Crippen LogP contribution in [0.5, 0.6) is 0 Å². The summed E-state index contributed by atoms with van der Waals surface area (Å²) >= 11 is 0. The molecule has 0 aliphatic carbocycles. The molecule has 0 saturated heterocycles. The minimum Gasteiger partial charge on any atom is -0.400 e. The second kappa shape index (κ2) is 13.7. The normalized spacial score (nSPS) is 10.2. The molecule has 0 bridgehead atoms. The third kappa shape index (κ3) is 10.7. The van der Waals surface area contributed by atoms with Crippen molar-refractivity contribution >= 4 is 0 Å². The van der Waals surface area contributed by atoms with Crippen LogP contribution in [-0.2, 0) is 5.41 Å². The highest BCUT2D eigenvalue weighted by Gasteiger charge is 2.29. The Bertz CT molecular complexity index is 343. The fraction of sp³-hybridized carbons (Fsp3) is 0.737. The number of nitrogens with zero attached hydrogens (tertiary/aromatic N) is 1. The molecule has 22 heavy (non-hydrogen) atoms. The molecule has 2 N–H and O–H groups in total. The number of hydrogen-bond donors (Lipinski definition) is 2. The highest BCUT2D eigenvalue weighted by Crippen LogP contribution is 2.31. The third-order valence-corrected chi connectivity index (χ3v) is 3.25. The van der Waals surface area contributed by atoms with Crippen molar-refractivity contribution < 1.29 is 5.11 Å². The van der Waals surface area contributed by atoms with Gasteiger partial charge in [0.15, 0.2) is 0 Å². The van der Waals surface area contributed by atoms with E-state index in [0.29, 0.717) is 0 Å². The molecule has 1 heterocycles. The lowest BCUT2D eigenvalue weighted by Gasteiger charge is -2.35. The lowest BCUT2D eigenvalue weighted by Crippen LogP contribution is -2.41. The number of rotatable bonds is 4. The molecule has 0 fully saturated rings. The fourth-order valence-electron chi connectivity index (χ4n) is 2.16. The van der Waals surface area contributed by atoms with Crippen molar-refractivity contribution in [1.82, 2.24) is 10.3 Å². The van der Waals surface area contributed by atoms with E-state index >= 15 is 0 Å². The number of nitrogens with one attached hydrogen (secondary N) is 1. The van der Waals surface area contributed by atoms with Gasteiger partial charge in [0.05, 0.1) is 0 Å². The predicted molar refractivity (Wildman–Crippen MR) is 101 cm³/mol. The first-order valence-electron chi connectivity index (χ1n) is 8.34. The van der Waals surface area contributed by atoms with Gasteiger partial charge in [0.1, 0.15) is 0 Å². The molecule has 1 rings (SSSR count). The topological polar surface area (TPSA) is 45.2 Å². The molecular formula is C19H40N2O. The van der Waals surface area contributed by atoms with Crippen LogP contribution in [0.3, 0.4) is 0 Å². The monoisotopic (exact) mass is 312 g/mol. The quantitative estimate of drug-likeness (QED) is 0.846. The van der Waals surface area contributed by atoms with Crippen molar-refractivity contribution in [2.75, 3.05) is 14.2 Å². The Hall–Kier alpha value is -0.930. The number of pyridine rings is 1. The minimum atomic E-state index is 0.146. The van der Waals surface area contributed by atoms with Crippen molar-refractivity contribution in [3.63, 3.8) is 0 Å². The molecule has 132 valence electrons. The summed E-state index contributed by atoms with van der Waals surface area (Å²) in [5.41, 5.74) is 2.68. The number of aryl methyl sites for hydroxylation is 1. The Kier molecular flexibility index (Phi) is 16.2. The summed E-state index contributed by atoms with van der Waals surface area (Å²) in [6.07, 6.45) is 3.09. The molecule has 1 aromatic heterocycles. The third-order valence-electron chi connectivity index (χ3n) is 3.25. The van der Waals surface area contributed by atoms with E-state index in [1.54, 1.807) is 0 Å². The van der Waals surface area contributed by atoms with Gasteiger partial charge < -0.3 is 10.4 Å². The van der Waals surface area contributed by atoms with Crippen LogP contribution in [0.25, 0.3) is 0 Å². The Labute approximate surface area is 139 Å². The number of aliphatic hydroxyl groups is 1. The van der Waals surface area contributed by atoms with Gasteiger partial charge in [-0.3, -0.25) is 4.98 Å². The van der Waals surface area contributed by atoms with Crippen LogP contribution >= 0.6 is 0 Å². The lowest BCUT2D eigenvalue weighted by atomic mass is 9.75. The van der Waals surface area contributed by atoms with Gasteiger partial charge in [-0.25, -0.2) is 0 Å². The molecule has 0 unspecified atom stereocenters. The van der Waals surface area contributed by atoms with Crippen molar-refractivity contribution in [1.29, 1.82) is 0 Å².